The summed E-state index contributed by atoms with van der Waals surface area (Å²) in [5.41, 5.74) is 5.38. The first kappa shape index (κ1) is 15.1. The highest BCUT2D eigenvalue weighted by molar-refractivity contribution is 6.47. The number of aromatic nitrogens is 2. The van der Waals surface area contributed by atoms with Gasteiger partial charge in [-0.25, -0.2) is 4.63 Å². The highest BCUT2D eigenvalue weighted by Crippen LogP contribution is 2.29. The standard InChI is InChI=1S/C11H9Cl2N5O3/c12-5-2-1-3-6(8(5)13)15-4-7(19)9(16-20)10-11(14)18-21-17-10/h1-3,15,20H,4H2,(H2,14,18). The Morgan fingerprint density at radius 3 is 2.81 bits per heavy atom. The van der Waals surface area contributed by atoms with Gasteiger partial charge in [0, 0.05) is 0 Å². The molecule has 0 fully saturated rings. The molecule has 0 aliphatic carbocycles. The lowest BCUT2D eigenvalue weighted by molar-refractivity contribution is -0.111. The van der Waals surface area contributed by atoms with Crippen molar-refractivity contribution in [1.29, 1.82) is 0 Å². The molecule has 0 aliphatic heterocycles. The number of benzene rings is 1. The Hall–Kier alpha value is -2.32. The van der Waals surface area contributed by atoms with Crippen LogP contribution in [0.5, 0.6) is 0 Å². The van der Waals surface area contributed by atoms with E-state index in [1.165, 1.54) is 0 Å². The lowest BCUT2D eigenvalue weighted by atomic mass is 10.1. The van der Waals surface area contributed by atoms with Gasteiger partial charge < -0.3 is 16.3 Å². The zero-order chi connectivity index (χ0) is 15.4. The van der Waals surface area contributed by atoms with Crippen LogP contribution in [-0.4, -0.2) is 33.6 Å². The molecule has 4 N–H and O–H groups in total. The number of carbonyl (C=O) groups is 1. The van der Waals surface area contributed by atoms with Crippen LogP contribution >= 0.6 is 23.2 Å². The molecule has 21 heavy (non-hydrogen) atoms. The summed E-state index contributed by atoms with van der Waals surface area (Å²) in [6.45, 7) is -0.217. The van der Waals surface area contributed by atoms with Crippen molar-refractivity contribution >= 4 is 46.2 Å². The second-order valence-corrected chi connectivity index (χ2v) is 4.61. The number of nitrogen functional groups attached to an aromatic ring is 1. The molecule has 2 rings (SSSR count). The number of anilines is 2. The van der Waals surface area contributed by atoms with Crippen LogP contribution in [0.1, 0.15) is 5.69 Å². The maximum absolute atomic E-state index is 12.0. The highest BCUT2D eigenvalue weighted by atomic mass is 35.5. The zero-order valence-corrected chi connectivity index (χ0v) is 11.9. The van der Waals surface area contributed by atoms with Crippen LogP contribution in [0.2, 0.25) is 10.0 Å². The fourth-order valence-electron chi connectivity index (χ4n) is 1.49. The van der Waals surface area contributed by atoms with Gasteiger partial charge in [-0.2, -0.15) is 0 Å². The Labute approximate surface area is 128 Å². The van der Waals surface area contributed by atoms with Crippen molar-refractivity contribution in [1.82, 2.24) is 10.3 Å². The Kier molecular flexibility index (Phi) is 4.61. The largest absolute Gasteiger partial charge is 0.410 e. The third-order valence-electron chi connectivity index (χ3n) is 2.49. The minimum atomic E-state index is -0.587. The van der Waals surface area contributed by atoms with Crippen LogP contribution in [0.25, 0.3) is 0 Å². The van der Waals surface area contributed by atoms with E-state index in [1.54, 1.807) is 18.2 Å². The van der Waals surface area contributed by atoms with Crippen LogP contribution in [0.3, 0.4) is 0 Å². The van der Waals surface area contributed by atoms with Gasteiger partial charge in [0.1, 0.15) is 0 Å². The average molecular weight is 330 g/mol. The van der Waals surface area contributed by atoms with Crippen molar-refractivity contribution in [2.45, 2.75) is 0 Å². The maximum Gasteiger partial charge on any atom is 0.206 e. The van der Waals surface area contributed by atoms with Crippen LogP contribution in [0.15, 0.2) is 28.0 Å². The first-order valence-corrected chi connectivity index (χ1v) is 6.31. The smallest absolute Gasteiger partial charge is 0.206 e. The van der Waals surface area contributed by atoms with Gasteiger partial charge in [0.25, 0.3) is 0 Å². The number of rotatable bonds is 5. The lowest BCUT2D eigenvalue weighted by Crippen LogP contribution is -2.25. The van der Waals surface area contributed by atoms with Crippen molar-refractivity contribution in [3.63, 3.8) is 0 Å². The molecule has 0 aliphatic rings. The third kappa shape index (κ3) is 3.23. The summed E-state index contributed by atoms with van der Waals surface area (Å²) in [7, 11) is 0. The molecule has 0 unspecified atom stereocenters. The van der Waals surface area contributed by atoms with Gasteiger partial charge in [0.2, 0.25) is 5.78 Å². The first-order valence-electron chi connectivity index (χ1n) is 5.56. The summed E-state index contributed by atoms with van der Waals surface area (Å²) in [4.78, 5) is 12.0. The minimum Gasteiger partial charge on any atom is -0.410 e. The van der Waals surface area contributed by atoms with E-state index in [0.29, 0.717) is 10.7 Å². The van der Waals surface area contributed by atoms with Crippen LogP contribution in [-0.2, 0) is 4.79 Å². The van der Waals surface area contributed by atoms with Crippen molar-refractivity contribution in [2.75, 3.05) is 17.6 Å². The summed E-state index contributed by atoms with van der Waals surface area (Å²) in [6, 6.07) is 4.92. The Morgan fingerprint density at radius 2 is 2.19 bits per heavy atom. The molecule has 110 valence electrons. The van der Waals surface area contributed by atoms with Crippen LogP contribution in [0, 0.1) is 0 Å². The van der Waals surface area contributed by atoms with E-state index in [0.717, 1.165) is 0 Å². The topological polar surface area (TPSA) is 127 Å². The molecule has 0 saturated heterocycles. The Bertz CT molecular complexity index is 701. The molecule has 1 heterocycles. The highest BCUT2D eigenvalue weighted by Gasteiger charge is 2.22. The number of hydrogen-bond donors (Lipinski definition) is 3. The molecule has 0 spiro atoms. The van der Waals surface area contributed by atoms with Gasteiger partial charge in [-0.3, -0.25) is 4.79 Å². The molecular weight excluding hydrogens is 321 g/mol. The molecule has 10 heteroatoms. The number of nitrogens with zero attached hydrogens (tertiary/aromatic N) is 3. The second-order valence-electron chi connectivity index (χ2n) is 3.82. The zero-order valence-electron chi connectivity index (χ0n) is 10.4. The van der Waals surface area contributed by atoms with Gasteiger partial charge in [-0.1, -0.05) is 34.4 Å². The molecule has 0 atom stereocenters. The van der Waals surface area contributed by atoms with E-state index >= 15 is 0 Å². The normalized spacial score (nSPS) is 11.4. The molecule has 1 aromatic heterocycles. The van der Waals surface area contributed by atoms with E-state index in [2.05, 4.69) is 25.4 Å². The SMILES string of the molecule is Nc1nonc1C(=NO)C(=O)CNc1cccc(Cl)c1Cl. The van der Waals surface area contributed by atoms with Crippen molar-refractivity contribution in [2.24, 2.45) is 5.16 Å². The second kappa shape index (κ2) is 6.42. The van der Waals surface area contributed by atoms with Gasteiger partial charge >= 0.3 is 0 Å². The van der Waals surface area contributed by atoms with Gasteiger partial charge in [0.05, 0.1) is 22.3 Å². The fraction of sp³-hybridized carbons (Fsp3) is 0.0909. The Balaban J connectivity index is 2.11. The number of carbonyl (C=O) groups excluding carboxylic acids is 1. The fourth-order valence-corrected chi connectivity index (χ4v) is 1.86. The monoisotopic (exact) mass is 329 g/mol. The number of Topliss-reactive ketones (excluding diaryl/α,β-unsaturated/α-hetero) is 1. The number of hydrogen-bond acceptors (Lipinski definition) is 8. The molecule has 0 saturated carbocycles. The number of oxime groups is 1. The van der Waals surface area contributed by atoms with E-state index in [1.807, 2.05) is 0 Å². The van der Waals surface area contributed by atoms with Gasteiger partial charge in [-0.15, -0.1) is 0 Å². The number of halogens is 2. The van der Waals surface area contributed by atoms with Crippen LogP contribution in [0.4, 0.5) is 11.5 Å². The molecule has 0 amide bonds. The number of nitrogens with one attached hydrogen (secondary N) is 1. The van der Waals surface area contributed by atoms with E-state index < -0.39 is 5.78 Å². The quantitative estimate of drug-likeness (QED) is 0.433. The predicted molar refractivity (Wildman–Crippen MR) is 77.0 cm³/mol. The van der Waals surface area contributed by atoms with Gasteiger partial charge in [0.15, 0.2) is 17.2 Å². The first-order chi connectivity index (χ1) is 10.0. The minimum absolute atomic E-state index is 0.138. The molecular formula is C11H9Cl2N5O3. The maximum atomic E-state index is 12.0. The van der Waals surface area contributed by atoms with E-state index in [-0.39, 0.29) is 28.8 Å². The number of nitrogens with two attached hydrogens (primary N) is 1. The summed E-state index contributed by atoms with van der Waals surface area (Å²) in [6.07, 6.45) is 0. The lowest BCUT2D eigenvalue weighted by Gasteiger charge is -2.08. The third-order valence-corrected chi connectivity index (χ3v) is 3.31. The average Bonchev–Trinajstić information content (AvgIpc) is 2.88. The molecule has 1 aromatic carbocycles. The summed E-state index contributed by atoms with van der Waals surface area (Å²) in [5, 5.41) is 21.9. The Morgan fingerprint density at radius 1 is 1.43 bits per heavy atom. The number of ketones is 1. The van der Waals surface area contributed by atoms with Crippen molar-refractivity contribution in [3.8, 4) is 0 Å². The van der Waals surface area contributed by atoms with E-state index in [9.17, 15) is 4.79 Å². The molecule has 0 radical (unpaired) electrons. The summed E-state index contributed by atoms with van der Waals surface area (Å²) < 4.78 is 4.35. The molecule has 0 bridgehead atoms. The predicted octanol–water partition coefficient (Wildman–Crippen LogP) is 1.82. The summed E-state index contributed by atoms with van der Waals surface area (Å²) >= 11 is 11.8. The van der Waals surface area contributed by atoms with Crippen molar-refractivity contribution < 1.29 is 14.6 Å². The molecule has 8 nitrogen and oxygen atoms in total. The van der Waals surface area contributed by atoms with Crippen molar-refractivity contribution in [3.05, 3.63) is 33.9 Å². The van der Waals surface area contributed by atoms with Crippen LogP contribution < -0.4 is 11.1 Å². The molecule has 2 aromatic rings. The summed E-state index contributed by atoms with van der Waals surface area (Å²) in [5.74, 6) is -0.743. The van der Waals surface area contributed by atoms with Gasteiger partial charge in [-0.05, 0) is 22.4 Å². The van der Waals surface area contributed by atoms with E-state index in [4.69, 9.17) is 34.1 Å².